The van der Waals surface area contributed by atoms with Gasteiger partial charge in [0.05, 0.1) is 17.1 Å². The molecule has 0 saturated heterocycles. The third-order valence-corrected chi connectivity index (χ3v) is 5.49. The Morgan fingerprint density at radius 1 is 1.00 bits per heavy atom. The fourth-order valence-electron chi connectivity index (χ4n) is 3.68. The quantitative estimate of drug-likeness (QED) is 0.646. The average Bonchev–Trinajstić information content (AvgIpc) is 2.99. The van der Waals surface area contributed by atoms with Gasteiger partial charge in [0.25, 0.3) is 5.66 Å². The van der Waals surface area contributed by atoms with Crippen LogP contribution in [0.1, 0.15) is 18.1 Å². The van der Waals surface area contributed by atoms with Gasteiger partial charge in [-0.25, -0.2) is 9.38 Å². The lowest BCUT2D eigenvalue weighted by Crippen LogP contribution is -2.53. The molecule has 2 heterocycles. The highest BCUT2D eigenvalue weighted by Crippen LogP contribution is 2.37. The van der Waals surface area contributed by atoms with Crippen molar-refractivity contribution in [2.24, 2.45) is 10.1 Å². The second-order valence-corrected chi connectivity index (χ2v) is 7.56. The number of benzene rings is 3. The molecule has 30 heavy (non-hydrogen) atoms. The Kier molecular flexibility index (Phi) is 4.18. The first-order chi connectivity index (χ1) is 14.5. The van der Waals surface area contributed by atoms with E-state index in [2.05, 4.69) is 10.4 Å². The number of hydrogen-bond acceptors (Lipinski definition) is 4. The van der Waals surface area contributed by atoms with Crippen molar-refractivity contribution in [3.8, 4) is 0 Å². The van der Waals surface area contributed by atoms with E-state index in [1.54, 1.807) is 43.3 Å². The van der Waals surface area contributed by atoms with Crippen LogP contribution in [-0.2, 0) is 4.79 Å². The van der Waals surface area contributed by atoms with Crippen LogP contribution in [0.3, 0.4) is 0 Å². The van der Waals surface area contributed by atoms with Crippen LogP contribution in [0, 0.1) is 5.82 Å². The van der Waals surface area contributed by atoms with E-state index in [1.165, 1.54) is 17.1 Å². The van der Waals surface area contributed by atoms with Crippen molar-refractivity contribution in [2.45, 2.75) is 12.6 Å². The Morgan fingerprint density at radius 3 is 2.43 bits per heavy atom. The van der Waals surface area contributed by atoms with Gasteiger partial charge in [-0.2, -0.15) is 10.1 Å². The van der Waals surface area contributed by atoms with Gasteiger partial charge in [-0.3, -0.25) is 4.79 Å². The molecule has 5 rings (SSSR count). The summed E-state index contributed by atoms with van der Waals surface area (Å²) < 4.78 is 13.5. The van der Waals surface area contributed by atoms with Gasteiger partial charge in [0.2, 0.25) is 0 Å². The Balaban J connectivity index is 1.66. The van der Waals surface area contributed by atoms with Crippen molar-refractivity contribution in [1.82, 2.24) is 0 Å². The molecular weight excluding hydrogens is 403 g/mol. The van der Waals surface area contributed by atoms with E-state index in [1.807, 2.05) is 24.3 Å². The Bertz CT molecular complexity index is 1220. The summed E-state index contributed by atoms with van der Waals surface area (Å²) in [6, 6.07) is 20.5. The molecule has 148 valence electrons. The van der Waals surface area contributed by atoms with Gasteiger partial charge in [-0.05, 0) is 61.5 Å². The van der Waals surface area contributed by atoms with Crippen LogP contribution in [0.5, 0.6) is 0 Å². The van der Waals surface area contributed by atoms with E-state index in [0.29, 0.717) is 22.1 Å². The maximum atomic E-state index is 13.6. The largest absolute Gasteiger partial charge is 0.348 e. The molecule has 0 saturated carbocycles. The molecule has 2 aliphatic heterocycles. The number of hydrogen-bond donors (Lipinski definition) is 1. The predicted molar refractivity (Wildman–Crippen MR) is 117 cm³/mol. The highest BCUT2D eigenvalue weighted by Gasteiger charge is 2.52. The minimum Gasteiger partial charge on any atom is -0.348 e. The number of carbonyl (C=O) groups excluding carboxylic acids is 1. The summed E-state index contributed by atoms with van der Waals surface area (Å²) in [4.78, 5) is 18.4. The van der Waals surface area contributed by atoms with Gasteiger partial charge < -0.3 is 5.32 Å². The molecule has 1 unspecified atom stereocenters. The lowest BCUT2D eigenvalue weighted by molar-refractivity contribution is -0.120. The number of carbonyl (C=O) groups is 1. The second-order valence-electron chi connectivity index (χ2n) is 7.13. The third-order valence-electron chi connectivity index (χ3n) is 5.24. The van der Waals surface area contributed by atoms with Crippen LogP contribution in [0.2, 0.25) is 5.02 Å². The topological polar surface area (TPSA) is 57.1 Å². The lowest BCUT2D eigenvalue weighted by Gasteiger charge is -2.33. The SMILES string of the molecule is CC1=NN(c2ccc(Cl)cc2)C(=O)C12N=C(c1ccc(F)cc1)c1ccccc1N2. The zero-order valence-electron chi connectivity index (χ0n) is 15.9. The fourth-order valence-corrected chi connectivity index (χ4v) is 3.81. The number of para-hydroxylation sites is 1. The first-order valence-electron chi connectivity index (χ1n) is 9.37. The van der Waals surface area contributed by atoms with Gasteiger partial charge in [0.15, 0.2) is 0 Å². The summed E-state index contributed by atoms with van der Waals surface area (Å²) in [6.07, 6.45) is 0. The minimum absolute atomic E-state index is 0.323. The van der Waals surface area contributed by atoms with Gasteiger partial charge in [-0.15, -0.1) is 0 Å². The number of nitrogens with zero attached hydrogens (tertiary/aromatic N) is 3. The van der Waals surface area contributed by atoms with Crippen molar-refractivity contribution < 1.29 is 9.18 Å². The molecule has 0 radical (unpaired) electrons. The van der Waals surface area contributed by atoms with Crippen LogP contribution in [0.4, 0.5) is 15.8 Å². The molecule has 7 heteroatoms. The molecule has 1 atom stereocenters. The van der Waals surface area contributed by atoms with E-state index < -0.39 is 5.66 Å². The van der Waals surface area contributed by atoms with Crippen LogP contribution in [0.15, 0.2) is 82.9 Å². The van der Waals surface area contributed by atoms with E-state index in [9.17, 15) is 9.18 Å². The van der Waals surface area contributed by atoms with E-state index in [0.717, 1.165) is 16.8 Å². The average molecular weight is 419 g/mol. The Labute approximate surface area is 177 Å². The second kappa shape index (κ2) is 6.78. The van der Waals surface area contributed by atoms with Gasteiger partial charge in [0.1, 0.15) is 5.82 Å². The predicted octanol–water partition coefficient (Wildman–Crippen LogP) is 4.86. The van der Waals surface area contributed by atoms with Crippen molar-refractivity contribution in [3.63, 3.8) is 0 Å². The highest BCUT2D eigenvalue weighted by molar-refractivity contribution is 6.31. The molecule has 0 aliphatic carbocycles. The normalized spacial score (nSPS) is 20.0. The third kappa shape index (κ3) is 2.80. The van der Waals surface area contributed by atoms with Gasteiger partial charge in [0, 0.05) is 21.8 Å². The summed E-state index contributed by atoms with van der Waals surface area (Å²) in [5.74, 6) is -0.656. The molecule has 0 bridgehead atoms. The highest BCUT2D eigenvalue weighted by atomic mass is 35.5. The van der Waals surface area contributed by atoms with E-state index in [-0.39, 0.29) is 11.7 Å². The maximum absolute atomic E-state index is 13.6. The number of fused-ring (bicyclic) bond motifs is 1. The molecule has 2 aliphatic rings. The number of rotatable bonds is 2. The van der Waals surface area contributed by atoms with Crippen LogP contribution in [-0.4, -0.2) is 23.0 Å². The molecule has 3 aromatic rings. The van der Waals surface area contributed by atoms with Gasteiger partial charge >= 0.3 is 5.91 Å². The Morgan fingerprint density at radius 2 is 1.70 bits per heavy atom. The van der Waals surface area contributed by atoms with Gasteiger partial charge in [-0.1, -0.05) is 29.8 Å². The minimum atomic E-state index is -1.38. The molecule has 3 aromatic carbocycles. The summed E-state index contributed by atoms with van der Waals surface area (Å²) in [5.41, 5.74) is 2.64. The number of hydrazone groups is 1. The smallest absolute Gasteiger partial charge is 0.302 e. The molecule has 1 amide bonds. The fraction of sp³-hybridized carbons (Fsp3) is 0.0870. The van der Waals surface area contributed by atoms with Crippen LogP contribution < -0.4 is 10.3 Å². The summed E-state index contributed by atoms with van der Waals surface area (Å²) in [5, 5.41) is 9.68. The number of halogens is 2. The lowest BCUT2D eigenvalue weighted by atomic mass is 9.93. The molecule has 1 N–H and O–H groups in total. The zero-order chi connectivity index (χ0) is 20.9. The monoisotopic (exact) mass is 418 g/mol. The standard InChI is InChI=1S/C23H16ClFN4O/c1-14-23(22(30)29(28-14)18-12-8-16(24)9-13-18)26-20-5-3-2-4-19(20)21(27-23)15-6-10-17(25)11-7-15/h2-13,26H,1H3. The van der Waals surface area contributed by atoms with Crippen molar-refractivity contribution >= 4 is 40.3 Å². The number of anilines is 2. The number of amides is 1. The van der Waals surface area contributed by atoms with Crippen LogP contribution in [0.25, 0.3) is 0 Å². The molecule has 0 fully saturated rings. The summed E-state index contributed by atoms with van der Waals surface area (Å²) in [7, 11) is 0. The van der Waals surface area contributed by atoms with Crippen molar-refractivity contribution in [3.05, 3.63) is 94.8 Å². The van der Waals surface area contributed by atoms with Crippen molar-refractivity contribution in [2.75, 3.05) is 10.3 Å². The van der Waals surface area contributed by atoms with E-state index >= 15 is 0 Å². The zero-order valence-corrected chi connectivity index (χ0v) is 16.7. The molecular formula is C23H16ClFN4O. The molecule has 5 nitrogen and oxygen atoms in total. The maximum Gasteiger partial charge on any atom is 0.302 e. The summed E-state index contributed by atoms with van der Waals surface area (Å²) >= 11 is 5.98. The summed E-state index contributed by atoms with van der Waals surface area (Å²) in [6.45, 7) is 1.76. The first kappa shape index (κ1) is 18.5. The van der Waals surface area contributed by atoms with Crippen molar-refractivity contribution in [1.29, 1.82) is 0 Å². The Hall–Kier alpha value is -3.51. The molecule has 1 spiro atoms. The number of aliphatic imine (C=N–C) groups is 1. The number of nitrogens with one attached hydrogen (secondary N) is 1. The van der Waals surface area contributed by atoms with Crippen LogP contribution >= 0.6 is 11.6 Å². The van der Waals surface area contributed by atoms with E-state index in [4.69, 9.17) is 16.6 Å². The first-order valence-corrected chi connectivity index (χ1v) is 9.75. The molecule has 0 aromatic heterocycles.